The molecule has 1 saturated carbocycles. The van der Waals surface area contributed by atoms with Gasteiger partial charge in [-0.1, -0.05) is 6.07 Å². The Bertz CT molecular complexity index is 1220. The van der Waals surface area contributed by atoms with Crippen molar-refractivity contribution in [1.29, 1.82) is 0 Å². The summed E-state index contributed by atoms with van der Waals surface area (Å²) in [6.07, 6.45) is -1.18. The number of carbonyl (C=O) groups is 2. The molecule has 2 amide bonds. The minimum absolute atomic E-state index is 0.182. The van der Waals surface area contributed by atoms with Gasteiger partial charge < -0.3 is 16.0 Å². The summed E-state index contributed by atoms with van der Waals surface area (Å²) in [5.74, 6) is -1.89. The molecule has 1 aliphatic rings. The Kier molecular flexibility index (Phi) is 9.30. The summed E-state index contributed by atoms with van der Waals surface area (Å²) in [4.78, 5) is 27.8. The molecule has 37 heavy (non-hydrogen) atoms. The lowest BCUT2D eigenvalue weighted by atomic mass is 9.82. The fourth-order valence-electron chi connectivity index (χ4n) is 4.54. The number of hydrogen-bond donors (Lipinski definition) is 2. The van der Waals surface area contributed by atoms with Gasteiger partial charge in [-0.25, -0.2) is 8.42 Å². The molecule has 0 aromatic heterocycles. The van der Waals surface area contributed by atoms with Gasteiger partial charge in [-0.2, -0.15) is 13.2 Å². The molecule has 3 rings (SSSR count). The van der Waals surface area contributed by atoms with E-state index in [1.165, 1.54) is 29.8 Å². The highest BCUT2D eigenvalue weighted by Crippen LogP contribution is 2.31. The summed E-state index contributed by atoms with van der Waals surface area (Å²) < 4.78 is 65.1. The molecule has 0 radical (unpaired) electrons. The van der Waals surface area contributed by atoms with Crippen molar-refractivity contribution in [2.24, 2.45) is 11.7 Å². The van der Waals surface area contributed by atoms with Crippen molar-refractivity contribution in [2.75, 3.05) is 25.6 Å². The van der Waals surface area contributed by atoms with E-state index in [1.807, 2.05) is 6.26 Å². The topological polar surface area (TPSA) is 110 Å². The zero-order chi connectivity index (χ0) is 27.4. The van der Waals surface area contributed by atoms with Gasteiger partial charge in [-0.05, 0) is 73.9 Å². The number of hydrogen-bond acceptors (Lipinski definition) is 6. The van der Waals surface area contributed by atoms with Crippen LogP contribution in [0.4, 0.5) is 13.2 Å². The largest absolute Gasteiger partial charge is 0.416 e. The fourth-order valence-corrected chi connectivity index (χ4v) is 6.61. The lowest BCUT2D eigenvalue weighted by molar-refractivity contribution is -0.137. The van der Waals surface area contributed by atoms with Crippen LogP contribution in [0.5, 0.6) is 0 Å². The number of nitrogens with one attached hydrogen (secondary N) is 1. The van der Waals surface area contributed by atoms with Crippen LogP contribution in [0.2, 0.25) is 0 Å². The second kappa shape index (κ2) is 11.9. The predicted molar refractivity (Wildman–Crippen MR) is 136 cm³/mol. The average molecular weight is 558 g/mol. The van der Waals surface area contributed by atoms with Gasteiger partial charge in [0, 0.05) is 29.6 Å². The molecule has 0 bridgehead atoms. The Morgan fingerprint density at radius 1 is 1.14 bits per heavy atom. The van der Waals surface area contributed by atoms with Gasteiger partial charge >= 0.3 is 6.18 Å². The third-order valence-electron chi connectivity index (χ3n) is 6.58. The highest BCUT2D eigenvalue weighted by Gasteiger charge is 2.37. The number of likely N-dealkylation sites (N-methyl/N-ethyl adjacent to an activating group) is 1. The maximum Gasteiger partial charge on any atom is 0.416 e. The average Bonchev–Trinajstić information content (AvgIpc) is 2.86. The Labute approximate surface area is 218 Å². The van der Waals surface area contributed by atoms with Crippen LogP contribution < -0.4 is 11.1 Å². The summed E-state index contributed by atoms with van der Waals surface area (Å²) in [5, 5.41) is 2.36. The number of amides is 2. The molecule has 202 valence electrons. The van der Waals surface area contributed by atoms with Crippen LogP contribution in [0.3, 0.4) is 0 Å². The van der Waals surface area contributed by atoms with Crippen molar-refractivity contribution in [3.8, 4) is 0 Å². The number of sulfone groups is 1. The van der Waals surface area contributed by atoms with E-state index in [9.17, 15) is 31.2 Å². The number of thioether (sulfide) groups is 1. The summed E-state index contributed by atoms with van der Waals surface area (Å²) in [7, 11) is -2.11. The lowest BCUT2D eigenvalue weighted by Gasteiger charge is -2.40. The molecular formula is C25H30F3N3O4S2. The maximum absolute atomic E-state index is 13.1. The Hall–Kier alpha value is -2.57. The molecule has 3 N–H and O–H groups in total. The first-order valence-electron chi connectivity index (χ1n) is 11.7. The normalized spacial score (nSPS) is 20.3. The quantitative estimate of drug-likeness (QED) is 0.481. The number of rotatable bonds is 8. The molecule has 3 unspecified atom stereocenters. The predicted octanol–water partition coefficient (Wildman–Crippen LogP) is 3.59. The lowest BCUT2D eigenvalue weighted by Crippen LogP contribution is -2.51. The van der Waals surface area contributed by atoms with Crippen LogP contribution in [-0.4, -0.2) is 62.8 Å². The number of nitrogens with two attached hydrogens (primary N) is 1. The standard InChI is InChI=1S/C25H30F3N3O4S2/c1-31(23(32)14-30-24(33)16-4-3-5-18(12-16)25(26,27)28)22-11-6-19(29)13-17(22)15-37(34,35)21-9-7-20(36-2)8-10-21/h3-5,7-10,12,17,19,22H,6,11,13-15,29H2,1-2H3,(H,30,33). The monoisotopic (exact) mass is 557 g/mol. The van der Waals surface area contributed by atoms with E-state index < -0.39 is 51.9 Å². The van der Waals surface area contributed by atoms with Gasteiger partial charge in [0.15, 0.2) is 9.84 Å². The minimum atomic E-state index is -4.60. The molecule has 0 saturated heterocycles. The van der Waals surface area contributed by atoms with Crippen molar-refractivity contribution in [2.45, 2.75) is 47.3 Å². The van der Waals surface area contributed by atoms with E-state index in [0.717, 1.165) is 23.1 Å². The zero-order valence-electron chi connectivity index (χ0n) is 20.5. The van der Waals surface area contributed by atoms with Crippen LogP contribution in [0.25, 0.3) is 0 Å². The van der Waals surface area contributed by atoms with Crippen molar-refractivity contribution < 1.29 is 31.2 Å². The summed E-state index contributed by atoms with van der Waals surface area (Å²) in [6, 6.07) is 9.93. The second-order valence-electron chi connectivity index (χ2n) is 9.12. The van der Waals surface area contributed by atoms with Crippen molar-refractivity contribution in [3.63, 3.8) is 0 Å². The SMILES string of the molecule is CSc1ccc(S(=O)(=O)CC2CC(N)CCC2N(C)C(=O)CNC(=O)c2cccc(C(F)(F)F)c2)cc1. The highest BCUT2D eigenvalue weighted by atomic mass is 32.2. The first kappa shape index (κ1) is 29.0. The molecule has 0 heterocycles. The third-order valence-corrected chi connectivity index (χ3v) is 9.18. The molecule has 3 atom stereocenters. The molecule has 12 heteroatoms. The van der Waals surface area contributed by atoms with E-state index >= 15 is 0 Å². The minimum Gasteiger partial charge on any atom is -0.343 e. The van der Waals surface area contributed by atoms with Crippen molar-refractivity contribution in [1.82, 2.24) is 10.2 Å². The number of benzene rings is 2. The number of alkyl halides is 3. The third kappa shape index (κ3) is 7.48. The van der Waals surface area contributed by atoms with E-state index in [-0.39, 0.29) is 22.3 Å². The molecule has 2 aromatic carbocycles. The van der Waals surface area contributed by atoms with E-state index in [1.54, 1.807) is 24.3 Å². The summed E-state index contributed by atoms with van der Waals surface area (Å²) >= 11 is 1.50. The van der Waals surface area contributed by atoms with E-state index in [0.29, 0.717) is 19.3 Å². The Morgan fingerprint density at radius 3 is 2.43 bits per heavy atom. The number of halogens is 3. The van der Waals surface area contributed by atoms with E-state index in [4.69, 9.17) is 5.73 Å². The summed E-state index contributed by atoms with van der Waals surface area (Å²) in [5.41, 5.74) is 4.95. The first-order chi connectivity index (χ1) is 17.3. The number of nitrogens with zero attached hydrogens (tertiary/aromatic N) is 1. The van der Waals surface area contributed by atoms with Gasteiger partial charge in [0.2, 0.25) is 5.91 Å². The highest BCUT2D eigenvalue weighted by molar-refractivity contribution is 7.98. The second-order valence-corrected chi connectivity index (χ2v) is 12.0. The van der Waals surface area contributed by atoms with E-state index in [2.05, 4.69) is 5.32 Å². The summed E-state index contributed by atoms with van der Waals surface area (Å²) in [6.45, 7) is -0.441. The van der Waals surface area contributed by atoms with Gasteiger partial charge in [0.25, 0.3) is 5.91 Å². The smallest absolute Gasteiger partial charge is 0.343 e. The molecule has 7 nitrogen and oxygen atoms in total. The van der Waals surface area contributed by atoms with Crippen molar-refractivity contribution in [3.05, 3.63) is 59.7 Å². The van der Waals surface area contributed by atoms with Crippen molar-refractivity contribution >= 4 is 33.4 Å². The van der Waals surface area contributed by atoms with Gasteiger partial charge in [0.05, 0.1) is 22.8 Å². The van der Waals surface area contributed by atoms with Gasteiger partial charge in [-0.15, -0.1) is 11.8 Å². The number of carbonyl (C=O) groups excluding carboxylic acids is 2. The Morgan fingerprint density at radius 2 is 1.81 bits per heavy atom. The molecule has 1 fully saturated rings. The molecule has 0 spiro atoms. The zero-order valence-corrected chi connectivity index (χ0v) is 22.1. The maximum atomic E-state index is 13.1. The molecular weight excluding hydrogens is 527 g/mol. The molecule has 2 aromatic rings. The fraction of sp³-hybridized carbons (Fsp3) is 0.440. The molecule has 0 aliphatic heterocycles. The Balaban J connectivity index is 1.67. The van der Waals surface area contributed by atoms with Gasteiger partial charge in [-0.3, -0.25) is 9.59 Å². The van der Waals surface area contributed by atoms with Crippen LogP contribution in [0, 0.1) is 5.92 Å². The van der Waals surface area contributed by atoms with Crippen LogP contribution in [0.15, 0.2) is 58.3 Å². The van der Waals surface area contributed by atoms with Crippen LogP contribution >= 0.6 is 11.8 Å². The van der Waals surface area contributed by atoms with Crippen LogP contribution in [0.1, 0.15) is 35.2 Å². The molecule has 1 aliphatic carbocycles. The van der Waals surface area contributed by atoms with Crippen LogP contribution in [-0.2, 0) is 20.8 Å². The van der Waals surface area contributed by atoms with Gasteiger partial charge in [0.1, 0.15) is 0 Å². The first-order valence-corrected chi connectivity index (χ1v) is 14.5.